The van der Waals surface area contributed by atoms with Gasteiger partial charge in [0.15, 0.2) is 0 Å². The number of carboxylic acids is 1. The number of halogens is 1. The maximum atomic E-state index is 10.7. The monoisotopic (exact) mass is 304 g/mol. The van der Waals surface area contributed by atoms with E-state index in [1.807, 2.05) is 6.07 Å². The number of pyridine rings is 1. The predicted molar refractivity (Wildman–Crippen MR) is 76.9 cm³/mol. The molecule has 0 aliphatic heterocycles. The molecule has 0 bridgehead atoms. The Kier molecular flexibility index (Phi) is 4.61. The van der Waals surface area contributed by atoms with Crippen molar-refractivity contribution >= 4 is 29.3 Å². The van der Waals surface area contributed by atoms with Gasteiger partial charge in [-0.2, -0.15) is 5.26 Å². The van der Waals surface area contributed by atoms with Gasteiger partial charge in [-0.3, -0.25) is 0 Å². The predicted octanol–water partition coefficient (Wildman–Crippen LogP) is 3.60. The minimum atomic E-state index is -0.996. The van der Waals surface area contributed by atoms with Gasteiger partial charge in [0.2, 0.25) is 0 Å². The molecule has 1 N–H and O–H groups in total. The van der Waals surface area contributed by atoms with Gasteiger partial charge >= 0.3 is 5.97 Å². The number of benzene rings is 1. The number of aromatic nitrogens is 1. The largest absolute Gasteiger partial charge is 0.478 e. The topological polar surface area (TPSA) is 74.0 Å². The van der Waals surface area contributed by atoms with Crippen molar-refractivity contribution in [2.24, 2.45) is 0 Å². The summed E-state index contributed by atoms with van der Waals surface area (Å²) in [6, 6.07) is 10.3. The number of rotatable bonds is 4. The van der Waals surface area contributed by atoms with Gasteiger partial charge < -0.3 is 5.11 Å². The summed E-state index contributed by atoms with van der Waals surface area (Å²) in [7, 11) is 0. The molecule has 0 atom stereocenters. The quantitative estimate of drug-likeness (QED) is 0.874. The zero-order chi connectivity index (χ0) is 14.5. The van der Waals surface area contributed by atoms with E-state index in [0.717, 1.165) is 10.6 Å². The standard InChI is InChI=1S/C14H9ClN2O2S/c15-12-5-9(6-16)1-2-11(12)8-20-13-4-3-10(7-17-13)14(18)19/h1-5,7H,8H2,(H,18,19). The van der Waals surface area contributed by atoms with Crippen LogP contribution in [0.15, 0.2) is 41.6 Å². The zero-order valence-electron chi connectivity index (χ0n) is 10.2. The van der Waals surface area contributed by atoms with Crippen molar-refractivity contribution in [3.8, 4) is 6.07 Å². The Balaban J connectivity index is 2.05. The number of carboxylic acid groups (broad SMARTS) is 1. The van der Waals surface area contributed by atoms with E-state index in [2.05, 4.69) is 4.98 Å². The highest BCUT2D eigenvalue weighted by atomic mass is 35.5. The summed E-state index contributed by atoms with van der Waals surface area (Å²) in [5.74, 6) is -0.395. The van der Waals surface area contributed by atoms with Crippen molar-refractivity contribution in [3.63, 3.8) is 0 Å². The maximum Gasteiger partial charge on any atom is 0.337 e. The number of hydrogen-bond acceptors (Lipinski definition) is 4. The van der Waals surface area contributed by atoms with E-state index in [4.69, 9.17) is 22.0 Å². The van der Waals surface area contributed by atoms with E-state index in [-0.39, 0.29) is 5.56 Å². The average molecular weight is 305 g/mol. The first-order valence-corrected chi connectivity index (χ1v) is 6.97. The molecule has 100 valence electrons. The summed E-state index contributed by atoms with van der Waals surface area (Å²) in [4.78, 5) is 14.8. The molecule has 0 radical (unpaired) electrons. The van der Waals surface area contributed by atoms with Crippen LogP contribution >= 0.6 is 23.4 Å². The Bertz CT molecular complexity index is 681. The number of hydrogen-bond donors (Lipinski definition) is 1. The van der Waals surface area contributed by atoms with Gasteiger partial charge in [-0.15, -0.1) is 11.8 Å². The normalized spacial score (nSPS) is 10.0. The third-order valence-corrected chi connectivity index (χ3v) is 3.89. The van der Waals surface area contributed by atoms with Gasteiger partial charge in [0.05, 0.1) is 22.2 Å². The van der Waals surface area contributed by atoms with Crippen LogP contribution in [0.25, 0.3) is 0 Å². The van der Waals surface area contributed by atoms with Crippen LogP contribution in [0.1, 0.15) is 21.5 Å². The summed E-state index contributed by atoms with van der Waals surface area (Å²) in [6.45, 7) is 0. The Morgan fingerprint density at radius 2 is 2.20 bits per heavy atom. The van der Waals surface area contributed by atoms with E-state index in [1.165, 1.54) is 24.0 Å². The molecular formula is C14H9ClN2O2S. The lowest BCUT2D eigenvalue weighted by Gasteiger charge is -2.04. The molecule has 1 heterocycles. The van der Waals surface area contributed by atoms with Gasteiger partial charge in [0.1, 0.15) is 0 Å². The summed E-state index contributed by atoms with van der Waals surface area (Å²) < 4.78 is 0. The molecule has 1 aromatic heterocycles. The number of aromatic carboxylic acids is 1. The van der Waals surface area contributed by atoms with Crippen molar-refractivity contribution in [1.82, 2.24) is 4.98 Å². The molecule has 2 aromatic rings. The molecule has 0 unspecified atom stereocenters. The molecule has 0 spiro atoms. The highest BCUT2D eigenvalue weighted by molar-refractivity contribution is 7.98. The average Bonchev–Trinajstić information content (AvgIpc) is 2.46. The van der Waals surface area contributed by atoms with Crippen LogP contribution in [-0.4, -0.2) is 16.1 Å². The maximum absolute atomic E-state index is 10.7. The van der Waals surface area contributed by atoms with Gasteiger partial charge in [-0.05, 0) is 29.8 Å². The molecule has 0 saturated carbocycles. The third kappa shape index (κ3) is 3.50. The SMILES string of the molecule is N#Cc1ccc(CSc2ccc(C(=O)O)cn2)c(Cl)c1. The third-order valence-electron chi connectivity index (χ3n) is 2.54. The number of carbonyl (C=O) groups is 1. The fourth-order valence-corrected chi connectivity index (χ4v) is 2.65. The van der Waals surface area contributed by atoms with E-state index < -0.39 is 5.97 Å². The molecule has 6 heteroatoms. The minimum absolute atomic E-state index is 0.158. The molecule has 1 aromatic carbocycles. The summed E-state index contributed by atoms with van der Waals surface area (Å²) in [5, 5.41) is 18.8. The lowest BCUT2D eigenvalue weighted by atomic mass is 10.2. The highest BCUT2D eigenvalue weighted by Gasteiger charge is 2.06. The first-order valence-electron chi connectivity index (χ1n) is 5.61. The molecule has 0 saturated heterocycles. The molecule has 2 rings (SSSR count). The molecular weight excluding hydrogens is 296 g/mol. The van der Waals surface area contributed by atoms with Crippen molar-refractivity contribution in [3.05, 3.63) is 58.2 Å². The molecule has 0 aliphatic rings. The minimum Gasteiger partial charge on any atom is -0.478 e. The van der Waals surface area contributed by atoms with Crippen LogP contribution in [0, 0.1) is 11.3 Å². The van der Waals surface area contributed by atoms with Gasteiger partial charge in [-0.25, -0.2) is 9.78 Å². The Morgan fingerprint density at radius 1 is 1.40 bits per heavy atom. The van der Waals surface area contributed by atoms with E-state index in [1.54, 1.807) is 24.3 Å². The zero-order valence-corrected chi connectivity index (χ0v) is 11.8. The van der Waals surface area contributed by atoms with E-state index in [9.17, 15) is 4.79 Å². The van der Waals surface area contributed by atoms with Crippen LogP contribution in [0.5, 0.6) is 0 Å². The number of thioether (sulfide) groups is 1. The van der Waals surface area contributed by atoms with Crippen molar-refractivity contribution in [2.75, 3.05) is 0 Å². The molecule has 0 amide bonds. The molecule has 0 aliphatic carbocycles. The van der Waals surface area contributed by atoms with Gasteiger partial charge in [-0.1, -0.05) is 17.7 Å². The lowest BCUT2D eigenvalue weighted by molar-refractivity contribution is 0.0696. The second-order valence-electron chi connectivity index (χ2n) is 3.90. The summed E-state index contributed by atoms with van der Waals surface area (Å²) in [6.07, 6.45) is 1.32. The lowest BCUT2D eigenvalue weighted by Crippen LogP contribution is -1.96. The van der Waals surface area contributed by atoms with Crippen molar-refractivity contribution in [1.29, 1.82) is 5.26 Å². The summed E-state index contributed by atoms with van der Waals surface area (Å²) >= 11 is 7.53. The van der Waals surface area contributed by atoms with Gasteiger partial charge in [0, 0.05) is 17.0 Å². The van der Waals surface area contributed by atoms with E-state index in [0.29, 0.717) is 16.3 Å². The second-order valence-corrected chi connectivity index (χ2v) is 5.30. The van der Waals surface area contributed by atoms with Crippen LogP contribution in [0.3, 0.4) is 0 Å². The number of nitriles is 1. The Hall–Kier alpha value is -2.03. The highest BCUT2D eigenvalue weighted by Crippen LogP contribution is 2.26. The Labute approximate surface area is 125 Å². The Morgan fingerprint density at radius 3 is 2.75 bits per heavy atom. The second kappa shape index (κ2) is 6.42. The smallest absolute Gasteiger partial charge is 0.337 e. The van der Waals surface area contributed by atoms with E-state index >= 15 is 0 Å². The molecule has 4 nitrogen and oxygen atoms in total. The molecule has 0 fully saturated rings. The fourth-order valence-electron chi connectivity index (χ4n) is 1.48. The van der Waals surface area contributed by atoms with Gasteiger partial charge in [0.25, 0.3) is 0 Å². The number of nitrogens with zero attached hydrogens (tertiary/aromatic N) is 2. The molecule has 20 heavy (non-hydrogen) atoms. The van der Waals surface area contributed by atoms with Crippen molar-refractivity contribution < 1.29 is 9.90 Å². The first-order chi connectivity index (χ1) is 9.60. The van der Waals surface area contributed by atoms with Crippen molar-refractivity contribution in [2.45, 2.75) is 10.8 Å². The summed E-state index contributed by atoms with van der Waals surface area (Å²) in [5.41, 5.74) is 1.58. The van der Waals surface area contributed by atoms with Crippen LogP contribution in [-0.2, 0) is 5.75 Å². The van der Waals surface area contributed by atoms with Crippen LogP contribution < -0.4 is 0 Å². The van der Waals surface area contributed by atoms with Crippen LogP contribution in [0.4, 0.5) is 0 Å². The fraction of sp³-hybridized carbons (Fsp3) is 0.0714. The van der Waals surface area contributed by atoms with Crippen LogP contribution in [0.2, 0.25) is 5.02 Å². The first kappa shape index (κ1) is 14.4.